The average Bonchev–Trinajstić information content (AvgIpc) is 1.53. The number of rotatable bonds is 14. The molecular weight excluding hydrogens is 1130 g/mol. The number of nitrogens with zero attached hydrogens (tertiary/aromatic N) is 1. The molecule has 0 saturated carbocycles. The third kappa shape index (κ3) is 8.90. The third-order valence-electron chi connectivity index (χ3n) is 19.4. The first-order valence-electron chi connectivity index (χ1n) is 31.2. The molecule has 13 aromatic carbocycles. The van der Waals surface area contributed by atoms with E-state index >= 15 is 8.78 Å². The van der Waals surface area contributed by atoms with Gasteiger partial charge in [0.2, 0.25) is 0 Å². The number of benzene rings is 13. The Morgan fingerprint density at radius 2 is 0.663 bits per heavy atom. The molecule has 0 aromatic heterocycles. The number of fused-ring (bicyclic) bond motifs is 9. The second kappa shape index (κ2) is 22.0. The number of anilines is 3. The summed E-state index contributed by atoms with van der Waals surface area (Å²) >= 11 is 0. The van der Waals surface area contributed by atoms with Crippen molar-refractivity contribution in [3.63, 3.8) is 0 Å². The van der Waals surface area contributed by atoms with Gasteiger partial charge in [-0.3, -0.25) is 0 Å². The van der Waals surface area contributed by atoms with Crippen molar-refractivity contribution in [2.75, 3.05) is 4.90 Å². The van der Waals surface area contributed by atoms with Crippen molar-refractivity contribution in [1.82, 2.24) is 0 Å². The molecule has 0 bridgehead atoms. The van der Waals surface area contributed by atoms with E-state index in [2.05, 4.69) is 208 Å². The molecule has 3 nitrogen and oxygen atoms in total. The van der Waals surface area contributed by atoms with E-state index < -0.39 is 10.8 Å². The lowest BCUT2D eigenvalue weighted by Gasteiger charge is -2.36. The Bertz CT molecular complexity index is 4800. The first-order valence-corrected chi connectivity index (χ1v) is 31.2. The summed E-state index contributed by atoms with van der Waals surface area (Å²) in [6.45, 7) is 12.5. The fourth-order valence-electron chi connectivity index (χ4n) is 15.1. The van der Waals surface area contributed by atoms with Gasteiger partial charge in [0.1, 0.15) is 34.6 Å². The van der Waals surface area contributed by atoms with E-state index in [0.29, 0.717) is 23.0 Å². The Hall–Kier alpha value is -11.4. The van der Waals surface area contributed by atoms with Crippen molar-refractivity contribution >= 4 is 29.2 Å². The third-order valence-corrected chi connectivity index (χ3v) is 19.4. The van der Waals surface area contributed by atoms with Crippen LogP contribution in [0, 0.1) is 11.6 Å². The summed E-state index contributed by atoms with van der Waals surface area (Å²) in [5.41, 5.74) is 22.6. The van der Waals surface area contributed by atoms with Gasteiger partial charge in [-0.15, -0.1) is 0 Å². The van der Waals surface area contributed by atoms with Crippen LogP contribution in [-0.2, 0) is 16.2 Å². The van der Waals surface area contributed by atoms with Crippen molar-refractivity contribution in [1.29, 1.82) is 0 Å². The molecule has 2 atom stereocenters. The summed E-state index contributed by atoms with van der Waals surface area (Å²) in [7, 11) is 0. The van der Waals surface area contributed by atoms with Crippen molar-refractivity contribution in [3.05, 3.63) is 389 Å². The summed E-state index contributed by atoms with van der Waals surface area (Å²) in [6.07, 6.45) is 3.63. The zero-order chi connectivity index (χ0) is 62.3. The van der Waals surface area contributed by atoms with Gasteiger partial charge in [-0.05, 0) is 227 Å². The summed E-state index contributed by atoms with van der Waals surface area (Å²) in [4.78, 5) is 2.38. The molecule has 2 unspecified atom stereocenters. The van der Waals surface area contributed by atoms with Gasteiger partial charge in [-0.2, -0.15) is 0 Å². The van der Waals surface area contributed by atoms with Crippen LogP contribution in [0.3, 0.4) is 0 Å². The van der Waals surface area contributed by atoms with Crippen LogP contribution < -0.4 is 14.4 Å². The first-order chi connectivity index (χ1) is 45.0. The van der Waals surface area contributed by atoms with E-state index in [1.54, 1.807) is 24.3 Å². The lowest BCUT2D eigenvalue weighted by molar-refractivity contribution is 0.482. The summed E-state index contributed by atoms with van der Waals surface area (Å²) in [5.74, 6) is 2.18. The van der Waals surface area contributed by atoms with Crippen molar-refractivity contribution in [3.8, 4) is 67.5 Å². The fraction of sp³-hybridized carbons (Fsp3) is 0.0575. The Morgan fingerprint density at radius 3 is 1.11 bits per heavy atom. The van der Waals surface area contributed by atoms with Crippen LogP contribution in [0.25, 0.3) is 56.7 Å². The number of halogens is 2. The topological polar surface area (TPSA) is 21.7 Å². The van der Waals surface area contributed by atoms with Crippen molar-refractivity contribution < 1.29 is 18.3 Å². The Morgan fingerprint density at radius 1 is 0.304 bits per heavy atom. The average molecular weight is 1190 g/mol. The first kappa shape index (κ1) is 55.9. The van der Waals surface area contributed by atoms with E-state index in [0.717, 1.165) is 106 Å². The fourth-order valence-corrected chi connectivity index (χ4v) is 15.1. The predicted molar refractivity (Wildman–Crippen MR) is 372 cm³/mol. The monoisotopic (exact) mass is 1190 g/mol. The number of hydrogen-bond donors (Lipinski definition) is 0. The maximum absolute atomic E-state index is 15.4. The zero-order valence-corrected chi connectivity index (χ0v) is 50.9. The lowest BCUT2D eigenvalue weighted by atomic mass is 9.67. The van der Waals surface area contributed by atoms with Gasteiger partial charge >= 0.3 is 0 Å². The largest absolute Gasteiger partial charge is 0.457 e. The second-order valence-electron chi connectivity index (χ2n) is 24.7. The maximum atomic E-state index is 15.4. The highest BCUT2D eigenvalue weighted by atomic mass is 19.1. The van der Waals surface area contributed by atoms with Crippen molar-refractivity contribution in [2.24, 2.45) is 0 Å². The minimum Gasteiger partial charge on any atom is -0.457 e. The molecule has 13 aromatic rings. The van der Waals surface area contributed by atoms with Crippen molar-refractivity contribution in [2.45, 2.75) is 30.1 Å². The molecule has 0 fully saturated rings. The molecule has 3 aliphatic rings. The normalized spacial score (nSPS) is 15.9. The Kier molecular flexibility index (Phi) is 13.3. The molecule has 0 heterocycles. The molecule has 5 heteroatoms. The highest BCUT2D eigenvalue weighted by Crippen LogP contribution is 2.60. The molecule has 440 valence electrons. The van der Waals surface area contributed by atoms with Gasteiger partial charge in [-0.25, -0.2) is 8.78 Å². The van der Waals surface area contributed by atoms with Crippen LogP contribution in [0.4, 0.5) is 25.8 Å². The SMILES string of the molecule is C=Cc1ccc(Oc2ccc(C3(c4ccc(F)cc4)c4ccccc4-c4ccc(N(c5cccc(-c6ccc7c(c6)-c6ccccc6C7(C)C)c5)c5ccc6c(c5)C(c5ccc(F)cc5)(c5ccc(Oc7ccc(C=C)cc7)cc5)c5ccccc5-6)cc43)cc2)cc1. The minimum absolute atomic E-state index is 0.141. The summed E-state index contributed by atoms with van der Waals surface area (Å²) in [5, 5.41) is 0. The molecule has 0 amide bonds. The molecule has 0 spiro atoms. The standard InChI is InChI=1S/C87H61F2NO2/c1-5-56-22-41-69(42-23-56)91-71-45-31-62(32-46-71)86(60-27-35-64(88)36-28-60)81-20-11-8-16-73(81)76-49-39-67(54-83(76)86)90(66-15-13-14-58(52-66)59-26-51-80-78(53-59)75-18-7-10-19-79(75)85(80,3)4)68-40-50-77-74-17-9-12-21-82(74)87(84(77)55-68,61-29-37-65(89)38-30-61)63-33-47-72(48-34-63)92-70-43-24-57(6-2)25-44-70/h5-55H,1-2H2,3-4H3. The summed E-state index contributed by atoms with van der Waals surface area (Å²) < 4.78 is 43.7. The highest BCUT2D eigenvalue weighted by Gasteiger charge is 2.49. The van der Waals surface area contributed by atoms with Crippen LogP contribution in [0.2, 0.25) is 0 Å². The van der Waals surface area contributed by atoms with Crippen LogP contribution in [0.1, 0.15) is 80.6 Å². The van der Waals surface area contributed by atoms with E-state index in [-0.39, 0.29) is 17.0 Å². The molecule has 16 rings (SSSR count). The van der Waals surface area contributed by atoms with Gasteiger partial charge in [-0.1, -0.05) is 221 Å². The van der Waals surface area contributed by atoms with Crippen LogP contribution in [0.15, 0.2) is 310 Å². The quantitative estimate of drug-likeness (QED) is 0.108. The van der Waals surface area contributed by atoms with E-state index in [9.17, 15) is 0 Å². The minimum atomic E-state index is -0.913. The smallest absolute Gasteiger partial charge is 0.127 e. The van der Waals surface area contributed by atoms with E-state index in [4.69, 9.17) is 9.47 Å². The molecule has 0 aliphatic heterocycles. The molecule has 3 aliphatic carbocycles. The molecule has 0 saturated heterocycles. The molecule has 0 N–H and O–H groups in total. The van der Waals surface area contributed by atoms with Crippen LogP contribution in [0.5, 0.6) is 23.0 Å². The van der Waals surface area contributed by atoms with Gasteiger partial charge in [0, 0.05) is 22.5 Å². The van der Waals surface area contributed by atoms with Gasteiger partial charge in [0.25, 0.3) is 0 Å². The van der Waals surface area contributed by atoms with Crippen LogP contribution >= 0.6 is 0 Å². The van der Waals surface area contributed by atoms with Crippen LogP contribution in [-0.4, -0.2) is 0 Å². The van der Waals surface area contributed by atoms with Gasteiger partial charge in [0.15, 0.2) is 0 Å². The van der Waals surface area contributed by atoms with Gasteiger partial charge < -0.3 is 14.4 Å². The second-order valence-corrected chi connectivity index (χ2v) is 24.7. The lowest BCUT2D eigenvalue weighted by Crippen LogP contribution is -2.29. The Balaban J connectivity index is 0.911. The maximum Gasteiger partial charge on any atom is 0.127 e. The number of hydrogen-bond acceptors (Lipinski definition) is 3. The molecule has 0 radical (unpaired) electrons. The van der Waals surface area contributed by atoms with E-state index in [1.807, 2.05) is 109 Å². The van der Waals surface area contributed by atoms with Gasteiger partial charge in [0.05, 0.1) is 10.8 Å². The molecular formula is C87H61F2NO2. The van der Waals surface area contributed by atoms with E-state index in [1.165, 1.54) is 22.3 Å². The summed E-state index contributed by atoms with van der Waals surface area (Å²) in [6, 6.07) is 102. The molecule has 92 heavy (non-hydrogen) atoms. The Labute approximate surface area is 535 Å². The number of ether oxygens (including phenoxy) is 2. The predicted octanol–water partition coefficient (Wildman–Crippen LogP) is 23.0. The highest BCUT2D eigenvalue weighted by molar-refractivity contribution is 5.93. The zero-order valence-electron chi connectivity index (χ0n) is 50.9.